The van der Waals surface area contributed by atoms with Crippen molar-refractivity contribution in [1.29, 1.82) is 0 Å². The number of primary amides is 1. The highest BCUT2D eigenvalue weighted by Gasteiger charge is 2.13. The molecule has 112 valence electrons. The van der Waals surface area contributed by atoms with E-state index >= 15 is 0 Å². The Morgan fingerprint density at radius 2 is 2.09 bits per heavy atom. The van der Waals surface area contributed by atoms with Crippen LogP contribution in [0.15, 0.2) is 50.1 Å². The Kier molecular flexibility index (Phi) is 3.58. The number of carbonyl (C=O) groups excluding carboxylic acids is 1. The molecule has 2 N–H and O–H groups in total. The zero-order valence-electron chi connectivity index (χ0n) is 11.2. The van der Waals surface area contributed by atoms with Crippen LogP contribution in [0.5, 0.6) is 0 Å². The normalized spacial score (nSPS) is 11.0. The molecule has 0 aliphatic heterocycles. The van der Waals surface area contributed by atoms with E-state index in [0.717, 1.165) is 6.07 Å². The quantitative estimate of drug-likeness (QED) is 0.775. The van der Waals surface area contributed by atoms with Crippen LogP contribution < -0.4 is 11.5 Å². The predicted molar refractivity (Wildman–Crippen MR) is 82.2 cm³/mol. The van der Waals surface area contributed by atoms with Crippen LogP contribution in [0.2, 0.25) is 0 Å². The number of amides is 1. The minimum atomic E-state index is -0.600. The van der Waals surface area contributed by atoms with E-state index in [1.165, 1.54) is 10.6 Å². The number of aromatic nitrogens is 1. The standard InChI is InChI=1S/C15H10BrFN2O3/c16-10-5-12-13(6-11(10)17)22-15(21)19(12)7-8-2-1-3-9(4-8)14(18)20/h1-6H,7H2,(H2,18,20). The van der Waals surface area contributed by atoms with Crippen LogP contribution >= 0.6 is 15.9 Å². The fraction of sp³-hybridized carbons (Fsp3) is 0.0667. The summed E-state index contributed by atoms with van der Waals surface area (Å²) in [5, 5.41) is 0. The Balaban J connectivity index is 2.09. The van der Waals surface area contributed by atoms with Gasteiger partial charge in [-0.05, 0) is 39.7 Å². The first-order valence-corrected chi connectivity index (χ1v) is 7.12. The van der Waals surface area contributed by atoms with E-state index in [1.54, 1.807) is 24.3 Å². The van der Waals surface area contributed by atoms with Gasteiger partial charge in [0.2, 0.25) is 5.91 Å². The highest BCUT2D eigenvalue weighted by atomic mass is 79.9. The summed E-state index contributed by atoms with van der Waals surface area (Å²) < 4.78 is 20.1. The van der Waals surface area contributed by atoms with Crippen molar-refractivity contribution >= 4 is 32.9 Å². The lowest BCUT2D eigenvalue weighted by Crippen LogP contribution is -2.16. The summed E-state index contributed by atoms with van der Waals surface area (Å²) in [5.74, 6) is -1.66. The molecule has 0 saturated carbocycles. The molecule has 7 heteroatoms. The molecule has 0 saturated heterocycles. The van der Waals surface area contributed by atoms with Crippen LogP contribution in [0.1, 0.15) is 15.9 Å². The maximum absolute atomic E-state index is 13.5. The minimum Gasteiger partial charge on any atom is -0.408 e. The Hall–Kier alpha value is -2.41. The van der Waals surface area contributed by atoms with Crippen LogP contribution in [0.3, 0.4) is 0 Å². The molecule has 2 aromatic carbocycles. The summed E-state index contributed by atoms with van der Waals surface area (Å²) in [6, 6.07) is 9.26. The number of hydrogen-bond acceptors (Lipinski definition) is 3. The van der Waals surface area contributed by atoms with Gasteiger partial charge < -0.3 is 10.2 Å². The van der Waals surface area contributed by atoms with Crippen molar-refractivity contribution in [1.82, 2.24) is 4.57 Å². The highest BCUT2D eigenvalue weighted by Crippen LogP contribution is 2.23. The largest absolute Gasteiger partial charge is 0.420 e. The van der Waals surface area contributed by atoms with E-state index in [-0.39, 0.29) is 16.6 Å². The fourth-order valence-corrected chi connectivity index (χ4v) is 2.54. The molecule has 0 aliphatic rings. The number of rotatable bonds is 3. The molecular formula is C15H10BrFN2O3. The zero-order chi connectivity index (χ0) is 15.9. The molecular weight excluding hydrogens is 355 g/mol. The van der Waals surface area contributed by atoms with Crippen molar-refractivity contribution in [3.8, 4) is 0 Å². The maximum Gasteiger partial charge on any atom is 0.420 e. The molecule has 0 aliphatic carbocycles. The zero-order valence-corrected chi connectivity index (χ0v) is 12.8. The fourth-order valence-electron chi connectivity index (χ4n) is 2.21. The smallest absolute Gasteiger partial charge is 0.408 e. The van der Waals surface area contributed by atoms with Gasteiger partial charge in [0.25, 0.3) is 0 Å². The van der Waals surface area contributed by atoms with Crippen LogP contribution in [0, 0.1) is 5.82 Å². The topological polar surface area (TPSA) is 78.2 Å². The van der Waals surface area contributed by atoms with Crippen LogP contribution in [-0.2, 0) is 6.54 Å². The van der Waals surface area contributed by atoms with Gasteiger partial charge in [-0.25, -0.2) is 9.18 Å². The van der Waals surface area contributed by atoms with Crippen molar-refractivity contribution in [3.05, 3.63) is 68.4 Å². The van der Waals surface area contributed by atoms with E-state index in [4.69, 9.17) is 10.2 Å². The summed E-state index contributed by atoms with van der Waals surface area (Å²) in [6.45, 7) is 0.186. The third-order valence-electron chi connectivity index (χ3n) is 3.26. The van der Waals surface area contributed by atoms with Gasteiger partial charge in [-0.3, -0.25) is 9.36 Å². The van der Waals surface area contributed by atoms with Gasteiger partial charge in [-0.1, -0.05) is 12.1 Å². The maximum atomic E-state index is 13.5. The Morgan fingerprint density at radius 1 is 1.32 bits per heavy atom. The van der Waals surface area contributed by atoms with Crippen LogP contribution in [0.4, 0.5) is 4.39 Å². The van der Waals surface area contributed by atoms with E-state index in [1.807, 2.05) is 0 Å². The summed E-state index contributed by atoms with van der Waals surface area (Å²) in [5.41, 5.74) is 6.93. The predicted octanol–water partition coefficient (Wildman–Crippen LogP) is 2.64. The number of halogens is 2. The lowest BCUT2D eigenvalue weighted by atomic mass is 10.1. The molecule has 3 rings (SSSR count). The van der Waals surface area contributed by atoms with Crippen molar-refractivity contribution in [2.45, 2.75) is 6.54 Å². The monoisotopic (exact) mass is 364 g/mol. The molecule has 22 heavy (non-hydrogen) atoms. The first-order chi connectivity index (χ1) is 10.5. The molecule has 0 fully saturated rings. The van der Waals surface area contributed by atoms with Crippen molar-refractivity contribution in [3.63, 3.8) is 0 Å². The van der Waals surface area contributed by atoms with Crippen molar-refractivity contribution in [2.75, 3.05) is 0 Å². The lowest BCUT2D eigenvalue weighted by molar-refractivity contribution is 0.1000. The lowest BCUT2D eigenvalue weighted by Gasteiger charge is -2.04. The van der Waals surface area contributed by atoms with E-state index in [0.29, 0.717) is 16.6 Å². The van der Waals surface area contributed by atoms with Gasteiger partial charge in [0.1, 0.15) is 5.82 Å². The van der Waals surface area contributed by atoms with Gasteiger partial charge in [0, 0.05) is 11.6 Å². The Morgan fingerprint density at radius 3 is 2.82 bits per heavy atom. The Labute approximate surface area is 132 Å². The highest BCUT2D eigenvalue weighted by molar-refractivity contribution is 9.10. The summed E-state index contributed by atoms with van der Waals surface area (Å²) >= 11 is 3.08. The number of carbonyl (C=O) groups is 1. The Bertz CT molecular complexity index is 946. The van der Waals surface area contributed by atoms with Crippen LogP contribution in [-0.4, -0.2) is 10.5 Å². The van der Waals surface area contributed by atoms with Crippen molar-refractivity contribution in [2.24, 2.45) is 5.73 Å². The average molecular weight is 365 g/mol. The average Bonchev–Trinajstić information content (AvgIpc) is 2.76. The second kappa shape index (κ2) is 5.42. The number of hydrogen-bond donors (Lipinski definition) is 1. The SMILES string of the molecule is NC(=O)c1cccc(Cn2c(=O)oc3cc(F)c(Br)cc32)c1. The third kappa shape index (κ3) is 2.55. The molecule has 1 aromatic heterocycles. The van der Waals surface area contributed by atoms with Gasteiger partial charge >= 0.3 is 5.76 Å². The van der Waals surface area contributed by atoms with E-state index in [2.05, 4.69) is 15.9 Å². The van der Waals surface area contributed by atoms with E-state index in [9.17, 15) is 14.0 Å². The minimum absolute atomic E-state index is 0.164. The van der Waals surface area contributed by atoms with E-state index < -0.39 is 17.5 Å². The summed E-state index contributed by atoms with van der Waals surface area (Å²) in [7, 11) is 0. The first-order valence-electron chi connectivity index (χ1n) is 6.33. The van der Waals surface area contributed by atoms with Gasteiger partial charge in [-0.2, -0.15) is 0 Å². The number of nitrogens with two attached hydrogens (primary N) is 1. The molecule has 0 spiro atoms. The molecule has 0 radical (unpaired) electrons. The third-order valence-corrected chi connectivity index (χ3v) is 3.87. The molecule has 3 aromatic rings. The van der Waals surface area contributed by atoms with Gasteiger partial charge in [0.05, 0.1) is 16.5 Å². The second-order valence-corrected chi connectivity index (χ2v) is 5.61. The van der Waals surface area contributed by atoms with Crippen molar-refractivity contribution < 1.29 is 13.6 Å². The summed E-state index contributed by atoms with van der Waals surface area (Å²) in [6.07, 6.45) is 0. The number of nitrogens with zero attached hydrogens (tertiary/aromatic N) is 1. The molecule has 0 bridgehead atoms. The molecule has 0 atom stereocenters. The number of oxazole rings is 1. The second-order valence-electron chi connectivity index (χ2n) is 4.75. The van der Waals surface area contributed by atoms with Crippen LogP contribution in [0.25, 0.3) is 11.1 Å². The number of benzene rings is 2. The van der Waals surface area contributed by atoms with Gasteiger partial charge in [0.15, 0.2) is 5.58 Å². The first kappa shape index (κ1) is 14.5. The molecule has 5 nitrogen and oxygen atoms in total. The van der Waals surface area contributed by atoms with Gasteiger partial charge in [-0.15, -0.1) is 0 Å². The number of fused-ring (bicyclic) bond motifs is 1. The molecule has 0 unspecified atom stereocenters. The summed E-state index contributed by atoms with van der Waals surface area (Å²) in [4.78, 5) is 23.2. The molecule has 1 amide bonds. The molecule has 1 heterocycles.